The Morgan fingerprint density at radius 1 is 1.35 bits per heavy atom. The average molecular weight is 274 g/mol. The number of ether oxygens (including phenoxy) is 1. The summed E-state index contributed by atoms with van der Waals surface area (Å²) in [5.41, 5.74) is 8.59. The second kappa shape index (κ2) is 7.26. The highest BCUT2D eigenvalue weighted by Gasteiger charge is 2.08. The van der Waals surface area contributed by atoms with Gasteiger partial charge in [-0.25, -0.2) is 0 Å². The second-order valence-electron chi connectivity index (χ2n) is 4.79. The van der Waals surface area contributed by atoms with Crippen molar-refractivity contribution in [2.45, 2.75) is 20.8 Å². The number of nitrogens with zero attached hydrogens (tertiary/aromatic N) is 1. The minimum atomic E-state index is 0.250. The molecule has 2 aromatic rings. The SMILES string of the molecule is Cc1cc(N)c2c(OCC(C)C)cccc2n1.O=C=O. The molecule has 0 aliphatic carbocycles. The fourth-order valence-electron chi connectivity index (χ4n) is 1.80. The van der Waals surface area contributed by atoms with E-state index in [1.54, 1.807) is 0 Å². The van der Waals surface area contributed by atoms with Crippen LogP contribution in [-0.2, 0) is 9.59 Å². The molecule has 0 aliphatic rings. The number of benzene rings is 1. The number of fused-ring (bicyclic) bond motifs is 1. The van der Waals surface area contributed by atoms with Crippen molar-refractivity contribution in [3.63, 3.8) is 0 Å². The van der Waals surface area contributed by atoms with E-state index < -0.39 is 0 Å². The lowest BCUT2D eigenvalue weighted by Gasteiger charge is -2.12. The molecule has 0 unspecified atom stereocenters. The summed E-state index contributed by atoms with van der Waals surface area (Å²) in [6.07, 6.45) is 0.250. The van der Waals surface area contributed by atoms with Crippen LogP contribution >= 0.6 is 0 Å². The maximum atomic E-state index is 8.12. The first-order valence-electron chi connectivity index (χ1n) is 6.27. The predicted molar refractivity (Wildman–Crippen MR) is 76.2 cm³/mol. The van der Waals surface area contributed by atoms with E-state index in [0.717, 1.165) is 28.0 Å². The van der Waals surface area contributed by atoms with Crippen LogP contribution in [0.4, 0.5) is 5.69 Å². The number of anilines is 1. The highest BCUT2D eigenvalue weighted by atomic mass is 16.5. The Morgan fingerprint density at radius 3 is 2.60 bits per heavy atom. The molecule has 20 heavy (non-hydrogen) atoms. The van der Waals surface area contributed by atoms with Crippen LogP contribution in [0.25, 0.3) is 10.9 Å². The maximum Gasteiger partial charge on any atom is 0.373 e. The van der Waals surface area contributed by atoms with Gasteiger partial charge in [0, 0.05) is 11.4 Å². The molecule has 0 bridgehead atoms. The van der Waals surface area contributed by atoms with E-state index in [9.17, 15) is 0 Å². The summed E-state index contributed by atoms with van der Waals surface area (Å²) in [4.78, 5) is 20.7. The zero-order chi connectivity index (χ0) is 15.1. The van der Waals surface area contributed by atoms with E-state index in [1.165, 1.54) is 0 Å². The lowest BCUT2D eigenvalue weighted by molar-refractivity contribution is -0.191. The number of nitrogens with two attached hydrogens (primary N) is 1. The Kier molecular flexibility index (Phi) is 5.69. The van der Waals surface area contributed by atoms with E-state index in [2.05, 4.69) is 18.8 Å². The summed E-state index contributed by atoms with van der Waals surface area (Å²) in [5, 5.41) is 0.916. The molecule has 0 amide bonds. The van der Waals surface area contributed by atoms with E-state index in [1.807, 2.05) is 31.2 Å². The third kappa shape index (κ3) is 4.07. The minimum Gasteiger partial charge on any atom is -0.493 e. The van der Waals surface area contributed by atoms with Crippen LogP contribution in [0.2, 0.25) is 0 Å². The molecular formula is C15H18N2O3. The van der Waals surface area contributed by atoms with Gasteiger partial charge in [0.2, 0.25) is 0 Å². The number of pyridine rings is 1. The van der Waals surface area contributed by atoms with Gasteiger partial charge in [0.25, 0.3) is 0 Å². The topological polar surface area (TPSA) is 82.3 Å². The fraction of sp³-hybridized carbons (Fsp3) is 0.333. The van der Waals surface area contributed by atoms with Crippen LogP contribution in [0.5, 0.6) is 5.75 Å². The molecule has 2 rings (SSSR count). The van der Waals surface area contributed by atoms with Gasteiger partial charge in [-0.1, -0.05) is 19.9 Å². The van der Waals surface area contributed by atoms with Gasteiger partial charge in [0.15, 0.2) is 0 Å². The smallest absolute Gasteiger partial charge is 0.373 e. The molecule has 5 nitrogen and oxygen atoms in total. The first-order valence-corrected chi connectivity index (χ1v) is 6.27. The Morgan fingerprint density at radius 2 is 2.00 bits per heavy atom. The second-order valence-corrected chi connectivity index (χ2v) is 4.79. The Balaban J connectivity index is 0.000000612. The van der Waals surface area contributed by atoms with Crippen LogP contribution in [0.3, 0.4) is 0 Å². The Bertz CT molecular complexity index is 618. The third-order valence-electron chi connectivity index (χ3n) is 2.53. The number of nitrogen functional groups attached to an aromatic ring is 1. The maximum absolute atomic E-state index is 8.12. The van der Waals surface area contributed by atoms with Crippen LogP contribution in [0.15, 0.2) is 24.3 Å². The average Bonchev–Trinajstić information content (AvgIpc) is 2.36. The molecule has 0 radical (unpaired) electrons. The zero-order valence-electron chi connectivity index (χ0n) is 11.8. The first kappa shape index (κ1) is 15.7. The number of rotatable bonds is 3. The summed E-state index contributed by atoms with van der Waals surface area (Å²) < 4.78 is 5.78. The van der Waals surface area contributed by atoms with Crippen molar-refractivity contribution in [1.29, 1.82) is 0 Å². The van der Waals surface area contributed by atoms with Crippen LogP contribution < -0.4 is 10.5 Å². The normalized spacial score (nSPS) is 9.80. The van der Waals surface area contributed by atoms with Crippen molar-refractivity contribution in [3.05, 3.63) is 30.0 Å². The lowest BCUT2D eigenvalue weighted by Crippen LogP contribution is -2.05. The summed E-state index contributed by atoms with van der Waals surface area (Å²) in [6.45, 7) is 6.87. The molecule has 1 heterocycles. The standard InChI is InChI=1S/C14H18N2O.CO2/c1-9(2)8-17-13-6-4-5-12-14(13)11(15)7-10(3)16-12;2-1-3/h4-7,9H,8H2,1-3H3,(H2,15,16);. The van der Waals surface area contributed by atoms with Crippen molar-refractivity contribution in [2.75, 3.05) is 12.3 Å². The molecule has 0 saturated carbocycles. The number of carbonyl (C=O) groups excluding carboxylic acids is 2. The molecule has 0 fully saturated rings. The van der Waals surface area contributed by atoms with E-state index >= 15 is 0 Å². The van der Waals surface area contributed by atoms with E-state index in [4.69, 9.17) is 20.1 Å². The van der Waals surface area contributed by atoms with Crippen molar-refractivity contribution < 1.29 is 14.3 Å². The van der Waals surface area contributed by atoms with Gasteiger partial charge in [0.05, 0.1) is 17.5 Å². The van der Waals surface area contributed by atoms with Gasteiger partial charge in [-0.15, -0.1) is 0 Å². The fourth-order valence-corrected chi connectivity index (χ4v) is 1.80. The number of aryl methyl sites for hydroxylation is 1. The van der Waals surface area contributed by atoms with Crippen molar-refractivity contribution >= 4 is 22.7 Å². The van der Waals surface area contributed by atoms with Crippen molar-refractivity contribution in [2.24, 2.45) is 5.92 Å². The number of hydrogen-bond donors (Lipinski definition) is 1. The molecule has 1 aromatic heterocycles. The molecular weight excluding hydrogens is 256 g/mol. The van der Waals surface area contributed by atoms with Crippen molar-refractivity contribution in [3.8, 4) is 5.75 Å². The van der Waals surface area contributed by atoms with Crippen LogP contribution in [-0.4, -0.2) is 17.7 Å². The molecule has 0 atom stereocenters. The van der Waals surface area contributed by atoms with E-state index in [0.29, 0.717) is 12.5 Å². The van der Waals surface area contributed by atoms with E-state index in [-0.39, 0.29) is 6.15 Å². The predicted octanol–water partition coefficient (Wildman–Crippen LogP) is 2.58. The van der Waals surface area contributed by atoms with Gasteiger partial charge in [-0.05, 0) is 31.0 Å². The first-order chi connectivity index (χ1) is 9.49. The molecule has 1 aromatic carbocycles. The summed E-state index contributed by atoms with van der Waals surface area (Å²) in [5.74, 6) is 1.31. The van der Waals surface area contributed by atoms with Gasteiger partial charge in [0.1, 0.15) is 5.75 Å². The van der Waals surface area contributed by atoms with Crippen LogP contribution in [0, 0.1) is 12.8 Å². The highest BCUT2D eigenvalue weighted by Crippen LogP contribution is 2.30. The molecule has 0 spiro atoms. The molecule has 2 N–H and O–H groups in total. The summed E-state index contributed by atoms with van der Waals surface area (Å²) in [6, 6.07) is 7.73. The molecule has 5 heteroatoms. The zero-order valence-corrected chi connectivity index (χ0v) is 11.8. The number of aromatic nitrogens is 1. The quantitative estimate of drug-likeness (QED) is 0.930. The van der Waals surface area contributed by atoms with Gasteiger partial charge >= 0.3 is 6.15 Å². The highest BCUT2D eigenvalue weighted by molar-refractivity contribution is 5.95. The molecule has 106 valence electrons. The number of hydrogen-bond acceptors (Lipinski definition) is 5. The Labute approximate surface area is 117 Å². The largest absolute Gasteiger partial charge is 0.493 e. The van der Waals surface area contributed by atoms with Gasteiger partial charge in [-0.3, -0.25) is 4.98 Å². The summed E-state index contributed by atoms with van der Waals surface area (Å²) in [7, 11) is 0. The van der Waals surface area contributed by atoms with Gasteiger partial charge < -0.3 is 10.5 Å². The monoisotopic (exact) mass is 274 g/mol. The molecule has 0 aliphatic heterocycles. The lowest BCUT2D eigenvalue weighted by atomic mass is 10.1. The van der Waals surface area contributed by atoms with Gasteiger partial charge in [-0.2, -0.15) is 9.59 Å². The molecule has 0 saturated heterocycles. The van der Waals surface area contributed by atoms with Crippen molar-refractivity contribution in [1.82, 2.24) is 4.98 Å². The third-order valence-corrected chi connectivity index (χ3v) is 2.53. The summed E-state index contributed by atoms with van der Waals surface area (Å²) >= 11 is 0. The Hall–Kier alpha value is -2.39. The minimum absolute atomic E-state index is 0.250. The van der Waals surface area contributed by atoms with Crippen LogP contribution in [0.1, 0.15) is 19.5 Å².